The Morgan fingerprint density at radius 2 is 2.33 bits per heavy atom. The second kappa shape index (κ2) is 3.68. The molecule has 0 aliphatic heterocycles. The van der Waals surface area contributed by atoms with E-state index in [1.165, 1.54) is 0 Å². The molecule has 1 heterocycles. The molecule has 1 rings (SSSR count). The van der Waals surface area contributed by atoms with Crippen molar-refractivity contribution >= 4 is 17.4 Å². The van der Waals surface area contributed by atoms with Crippen LogP contribution in [-0.2, 0) is 11.2 Å². The maximum atomic E-state index is 10.8. The van der Waals surface area contributed by atoms with Crippen LogP contribution >= 0.6 is 11.6 Å². The van der Waals surface area contributed by atoms with Gasteiger partial charge in [0, 0.05) is 12.6 Å². The van der Waals surface area contributed by atoms with Crippen molar-refractivity contribution in [2.45, 2.75) is 20.3 Å². The summed E-state index contributed by atoms with van der Waals surface area (Å²) < 4.78 is 0. The molecule has 1 aromatic rings. The molecule has 0 spiro atoms. The lowest BCUT2D eigenvalue weighted by Crippen LogP contribution is -1.99. The van der Waals surface area contributed by atoms with Crippen molar-refractivity contribution in [2.75, 3.05) is 0 Å². The number of carbonyl (C=O) groups excluding carboxylic acids is 1. The van der Waals surface area contributed by atoms with E-state index in [9.17, 15) is 4.79 Å². The Bertz CT molecular complexity index is 309. The number of ketones is 1. The summed E-state index contributed by atoms with van der Waals surface area (Å²) >= 11 is 5.66. The first kappa shape index (κ1) is 9.20. The van der Waals surface area contributed by atoms with Crippen LogP contribution in [0.25, 0.3) is 0 Å². The van der Waals surface area contributed by atoms with Crippen molar-refractivity contribution in [1.82, 2.24) is 4.98 Å². The minimum absolute atomic E-state index is 0.141. The quantitative estimate of drug-likeness (QED) is 0.658. The van der Waals surface area contributed by atoms with Crippen LogP contribution in [0.4, 0.5) is 0 Å². The highest BCUT2D eigenvalue weighted by molar-refractivity contribution is 6.29. The summed E-state index contributed by atoms with van der Waals surface area (Å²) in [5.41, 5.74) is 1.97. The predicted octanol–water partition coefficient (Wildman–Crippen LogP) is 2.17. The van der Waals surface area contributed by atoms with Crippen molar-refractivity contribution < 1.29 is 4.79 Å². The number of hydrogen-bond acceptors (Lipinski definition) is 2. The van der Waals surface area contributed by atoms with Gasteiger partial charge < -0.3 is 0 Å². The molecule has 12 heavy (non-hydrogen) atoms. The molecule has 0 saturated carbocycles. The monoisotopic (exact) mass is 183 g/mol. The third-order valence-electron chi connectivity index (χ3n) is 1.63. The highest BCUT2D eigenvalue weighted by Crippen LogP contribution is 2.12. The van der Waals surface area contributed by atoms with E-state index in [1.54, 1.807) is 19.2 Å². The molecule has 0 saturated heterocycles. The molecule has 64 valence electrons. The molecule has 0 aliphatic carbocycles. The van der Waals surface area contributed by atoms with Gasteiger partial charge in [0.1, 0.15) is 10.9 Å². The maximum absolute atomic E-state index is 10.8. The van der Waals surface area contributed by atoms with Gasteiger partial charge in [-0.3, -0.25) is 4.79 Å². The summed E-state index contributed by atoms with van der Waals surface area (Å²) in [4.78, 5) is 14.7. The lowest BCUT2D eigenvalue weighted by Gasteiger charge is -2.01. The van der Waals surface area contributed by atoms with Crippen LogP contribution in [0.5, 0.6) is 0 Å². The summed E-state index contributed by atoms with van der Waals surface area (Å²) in [5.74, 6) is 0.141. The largest absolute Gasteiger partial charge is 0.300 e. The van der Waals surface area contributed by atoms with Gasteiger partial charge in [0.15, 0.2) is 0 Å². The van der Waals surface area contributed by atoms with E-state index in [0.717, 1.165) is 11.1 Å². The molecule has 0 radical (unpaired) electrons. The van der Waals surface area contributed by atoms with E-state index in [4.69, 9.17) is 11.6 Å². The minimum atomic E-state index is 0.141. The Balaban J connectivity index is 2.93. The lowest BCUT2D eigenvalue weighted by atomic mass is 10.1. The van der Waals surface area contributed by atoms with Crippen LogP contribution < -0.4 is 0 Å². The van der Waals surface area contributed by atoms with Crippen LogP contribution in [0.15, 0.2) is 12.3 Å². The van der Waals surface area contributed by atoms with Crippen molar-refractivity contribution in [3.05, 3.63) is 28.5 Å². The van der Waals surface area contributed by atoms with Crippen molar-refractivity contribution in [3.63, 3.8) is 0 Å². The standard InChI is InChI=1S/C9H10ClNO/c1-6-3-9(10)11-5-8(6)4-7(2)12/h3,5H,4H2,1-2H3. The Morgan fingerprint density at radius 1 is 1.67 bits per heavy atom. The van der Waals surface area contributed by atoms with Gasteiger partial charge in [0.25, 0.3) is 0 Å². The highest BCUT2D eigenvalue weighted by atomic mass is 35.5. The van der Waals surface area contributed by atoms with E-state index in [0.29, 0.717) is 11.6 Å². The molecular formula is C9H10ClNO. The first-order valence-corrected chi connectivity index (χ1v) is 4.08. The number of carbonyl (C=O) groups is 1. The number of nitrogens with zero attached hydrogens (tertiary/aromatic N) is 1. The van der Waals surface area contributed by atoms with Crippen molar-refractivity contribution in [1.29, 1.82) is 0 Å². The van der Waals surface area contributed by atoms with Crippen molar-refractivity contribution in [3.8, 4) is 0 Å². The molecule has 0 amide bonds. The first-order chi connectivity index (χ1) is 5.59. The Morgan fingerprint density at radius 3 is 2.83 bits per heavy atom. The molecule has 0 aliphatic rings. The SMILES string of the molecule is CC(=O)Cc1cnc(Cl)cc1C. The second-order valence-electron chi connectivity index (χ2n) is 2.81. The van der Waals surface area contributed by atoms with Crippen LogP contribution in [0, 0.1) is 6.92 Å². The molecule has 0 atom stereocenters. The number of pyridine rings is 1. The Hall–Kier alpha value is -0.890. The molecular weight excluding hydrogens is 174 g/mol. The van der Waals surface area contributed by atoms with Gasteiger partial charge in [0.05, 0.1) is 0 Å². The van der Waals surface area contributed by atoms with E-state index in [1.807, 2.05) is 6.92 Å². The summed E-state index contributed by atoms with van der Waals surface area (Å²) in [6, 6.07) is 1.76. The molecule has 2 nitrogen and oxygen atoms in total. The van der Waals surface area contributed by atoms with Gasteiger partial charge >= 0.3 is 0 Å². The smallest absolute Gasteiger partial charge is 0.134 e. The van der Waals surface area contributed by atoms with E-state index in [-0.39, 0.29) is 5.78 Å². The fourth-order valence-corrected chi connectivity index (χ4v) is 1.22. The molecule has 0 N–H and O–H groups in total. The van der Waals surface area contributed by atoms with Gasteiger partial charge in [-0.25, -0.2) is 4.98 Å². The van der Waals surface area contributed by atoms with Gasteiger partial charge in [-0.05, 0) is 31.0 Å². The third kappa shape index (κ3) is 2.31. The van der Waals surface area contributed by atoms with Gasteiger partial charge in [-0.1, -0.05) is 11.6 Å². The number of aromatic nitrogens is 1. The van der Waals surface area contributed by atoms with Gasteiger partial charge in [-0.2, -0.15) is 0 Å². The molecule has 0 fully saturated rings. The van der Waals surface area contributed by atoms with Crippen molar-refractivity contribution in [2.24, 2.45) is 0 Å². The normalized spacial score (nSPS) is 9.92. The molecule has 0 bridgehead atoms. The van der Waals surface area contributed by atoms with Gasteiger partial charge in [-0.15, -0.1) is 0 Å². The summed E-state index contributed by atoms with van der Waals surface area (Å²) in [7, 11) is 0. The van der Waals surface area contributed by atoms with Gasteiger partial charge in [0.2, 0.25) is 0 Å². The number of halogens is 1. The van der Waals surface area contributed by atoms with Crippen LogP contribution in [0.2, 0.25) is 5.15 Å². The number of aryl methyl sites for hydroxylation is 1. The Labute approximate surface area is 76.6 Å². The zero-order chi connectivity index (χ0) is 9.14. The van der Waals surface area contributed by atoms with Crippen LogP contribution in [-0.4, -0.2) is 10.8 Å². The highest BCUT2D eigenvalue weighted by Gasteiger charge is 2.02. The summed E-state index contributed by atoms with van der Waals surface area (Å²) in [6.07, 6.45) is 2.09. The molecule has 0 aromatic carbocycles. The minimum Gasteiger partial charge on any atom is -0.300 e. The third-order valence-corrected chi connectivity index (χ3v) is 1.83. The Kier molecular flexibility index (Phi) is 2.82. The van der Waals surface area contributed by atoms with E-state index >= 15 is 0 Å². The summed E-state index contributed by atoms with van der Waals surface area (Å²) in [5, 5.41) is 0.472. The first-order valence-electron chi connectivity index (χ1n) is 3.70. The van der Waals surface area contributed by atoms with E-state index in [2.05, 4.69) is 4.98 Å². The number of rotatable bonds is 2. The average molecular weight is 184 g/mol. The van der Waals surface area contributed by atoms with Crippen LogP contribution in [0.3, 0.4) is 0 Å². The fourth-order valence-electron chi connectivity index (χ4n) is 1.00. The second-order valence-corrected chi connectivity index (χ2v) is 3.20. The molecule has 3 heteroatoms. The lowest BCUT2D eigenvalue weighted by molar-refractivity contribution is -0.116. The molecule has 1 aromatic heterocycles. The number of hydrogen-bond donors (Lipinski definition) is 0. The number of Topliss-reactive ketones (excluding diaryl/α,β-unsaturated/α-hetero) is 1. The van der Waals surface area contributed by atoms with Crippen LogP contribution in [0.1, 0.15) is 18.1 Å². The zero-order valence-electron chi connectivity index (χ0n) is 7.10. The van der Waals surface area contributed by atoms with E-state index < -0.39 is 0 Å². The fraction of sp³-hybridized carbons (Fsp3) is 0.333. The summed E-state index contributed by atoms with van der Waals surface area (Å²) in [6.45, 7) is 3.49. The topological polar surface area (TPSA) is 30.0 Å². The predicted molar refractivity (Wildman–Crippen MR) is 48.4 cm³/mol. The maximum Gasteiger partial charge on any atom is 0.134 e. The molecule has 0 unspecified atom stereocenters. The average Bonchev–Trinajstić information content (AvgIpc) is 1.94. The zero-order valence-corrected chi connectivity index (χ0v) is 7.85.